The van der Waals surface area contributed by atoms with Gasteiger partial charge in [-0.15, -0.1) is 0 Å². The van der Waals surface area contributed by atoms with Crippen LogP contribution in [0.25, 0.3) is 0 Å². The number of carbonyl (C=O) groups is 3. The summed E-state index contributed by atoms with van der Waals surface area (Å²) in [5, 5.41) is 0. The normalized spacial score (nSPS) is 12.0. The number of ether oxygens (including phenoxy) is 3. The number of hydrogen-bond donors (Lipinski definition) is 0. The van der Waals surface area contributed by atoms with Crippen molar-refractivity contribution in [3.05, 3.63) is 0 Å². The monoisotopic (exact) mass is 863 g/mol. The highest BCUT2D eigenvalue weighted by Crippen LogP contribution is 2.17. The van der Waals surface area contributed by atoms with E-state index in [-0.39, 0.29) is 31.1 Å². The van der Waals surface area contributed by atoms with Crippen LogP contribution in [0.4, 0.5) is 0 Å². The Balaban J connectivity index is 4.31. The van der Waals surface area contributed by atoms with Gasteiger partial charge in [-0.25, -0.2) is 0 Å². The van der Waals surface area contributed by atoms with Gasteiger partial charge in [0.1, 0.15) is 13.2 Å². The summed E-state index contributed by atoms with van der Waals surface area (Å²) < 4.78 is 16.9. The van der Waals surface area contributed by atoms with Gasteiger partial charge in [0.05, 0.1) is 0 Å². The van der Waals surface area contributed by atoms with E-state index in [0.29, 0.717) is 19.3 Å². The zero-order valence-electron chi connectivity index (χ0n) is 41.6. The first-order chi connectivity index (χ1) is 29.9. The molecule has 0 fully saturated rings. The molecule has 0 aromatic heterocycles. The zero-order valence-corrected chi connectivity index (χ0v) is 41.6. The van der Waals surface area contributed by atoms with Crippen molar-refractivity contribution in [3.8, 4) is 0 Å². The average Bonchev–Trinajstić information content (AvgIpc) is 3.24. The largest absolute Gasteiger partial charge is 0.462 e. The predicted octanol–water partition coefficient (Wildman–Crippen LogP) is 17.8. The maximum atomic E-state index is 12.8. The van der Waals surface area contributed by atoms with Crippen LogP contribution in [0.15, 0.2) is 0 Å². The van der Waals surface area contributed by atoms with Crippen LogP contribution >= 0.6 is 0 Å². The Morgan fingerprint density at radius 1 is 0.311 bits per heavy atom. The molecular formula is C55H106O6. The summed E-state index contributed by atoms with van der Waals surface area (Å²) in [6, 6.07) is 0. The molecular weight excluding hydrogens is 757 g/mol. The summed E-state index contributed by atoms with van der Waals surface area (Å²) in [6.45, 7) is 9.04. The third-order valence-electron chi connectivity index (χ3n) is 12.5. The number of esters is 3. The van der Waals surface area contributed by atoms with Gasteiger partial charge in [0.15, 0.2) is 6.10 Å². The van der Waals surface area contributed by atoms with Crippen LogP contribution in [0.3, 0.4) is 0 Å². The number of unbranched alkanes of at least 4 members (excludes halogenated alkanes) is 37. The molecule has 0 saturated carbocycles. The molecule has 0 radical (unpaired) electrons. The fourth-order valence-electron chi connectivity index (χ4n) is 8.39. The van der Waals surface area contributed by atoms with Crippen molar-refractivity contribution >= 4 is 17.9 Å². The molecule has 6 heteroatoms. The van der Waals surface area contributed by atoms with E-state index >= 15 is 0 Å². The van der Waals surface area contributed by atoms with Gasteiger partial charge in [-0.3, -0.25) is 14.4 Å². The van der Waals surface area contributed by atoms with Crippen molar-refractivity contribution in [2.75, 3.05) is 13.2 Å². The number of rotatable bonds is 50. The number of hydrogen-bond acceptors (Lipinski definition) is 6. The fourth-order valence-corrected chi connectivity index (χ4v) is 8.39. The van der Waals surface area contributed by atoms with Crippen LogP contribution in [-0.2, 0) is 28.6 Å². The molecule has 61 heavy (non-hydrogen) atoms. The van der Waals surface area contributed by atoms with Crippen LogP contribution in [-0.4, -0.2) is 37.2 Å². The van der Waals surface area contributed by atoms with E-state index in [4.69, 9.17) is 14.2 Å². The fraction of sp³-hybridized carbons (Fsp3) is 0.945. The van der Waals surface area contributed by atoms with Crippen molar-refractivity contribution in [1.82, 2.24) is 0 Å². The van der Waals surface area contributed by atoms with E-state index in [9.17, 15) is 14.4 Å². The van der Waals surface area contributed by atoms with Crippen molar-refractivity contribution in [3.63, 3.8) is 0 Å². The minimum Gasteiger partial charge on any atom is -0.462 e. The maximum Gasteiger partial charge on any atom is 0.306 e. The molecule has 0 aliphatic carbocycles. The van der Waals surface area contributed by atoms with Crippen LogP contribution in [0.1, 0.15) is 310 Å². The lowest BCUT2D eigenvalue weighted by Gasteiger charge is -2.18. The molecule has 0 rings (SSSR count). The molecule has 0 heterocycles. The predicted molar refractivity (Wildman–Crippen MR) is 261 cm³/mol. The van der Waals surface area contributed by atoms with E-state index in [1.54, 1.807) is 0 Å². The van der Waals surface area contributed by atoms with Gasteiger partial charge < -0.3 is 14.2 Å². The van der Waals surface area contributed by atoms with Crippen LogP contribution in [0.5, 0.6) is 0 Å². The van der Waals surface area contributed by atoms with Crippen molar-refractivity contribution in [1.29, 1.82) is 0 Å². The molecule has 362 valence electrons. The van der Waals surface area contributed by atoms with Crippen LogP contribution in [0.2, 0.25) is 0 Å². The summed E-state index contributed by atoms with van der Waals surface area (Å²) >= 11 is 0. The highest BCUT2D eigenvalue weighted by molar-refractivity contribution is 5.71. The van der Waals surface area contributed by atoms with Gasteiger partial charge in [-0.05, 0) is 25.2 Å². The molecule has 0 aliphatic heterocycles. The van der Waals surface area contributed by atoms with E-state index in [0.717, 1.165) is 63.7 Å². The maximum absolute atomic E-state index is 12.8. The Morgan fingerprint density at radius 3 is 0.803 bits per heavy atom. The molecule has 1 atom stereocenters. The summed E-state index contributed by atoms with van der Waals surface area (Å²) in [6.07, 6.45) is 52.3. The summed E-state index contributed by atoms with van der Waals surface area (Å²) in [4.78, 5) is 38.0. The molecule has 0 aromatic carbocycles. The van der Waals surface area contributed by atoms with Crippen LogP contribution < -0.4 is 0 Å². The second kappa shape index (κ2) is 49.4. The zero-order chi connectivity index (χ0) is 44.5. The van der Waals surface area contributed by atoms with Gasteiger partial charge in [-0.1, -0.05) is 272 Å². The molecule has 0 unspecified atom stereocenters. The minimum atomic E-state index is -0.761. The van der Waals surface area contributed by atoms with Crippen molar-refractivity contribution < 1.29 is 28.6 Å². The number of carbonyl (C=O) groups excluding carboxylic acids is 3. The average molecular weight is 863 g/mol. The Labute approximate surface area is 380 Å². The molecule has 0 N–H and O–H groups in total. The lowest BCUT2D eigenvalue weighted by molar-refractivity contribution is -0.167. The van der Waals surface area contributed by atoms with Crippen molar-refractivity contribution in [2.45, 2.75) is 316 Å². The Kier molecular flexibility index (Phi) is 48.1. The van der Waals surface area contributed by atoms with E-state index in [1.807, 2.05) is 0 Å². The van der Waals surface area contributed by atoms with E-state index < -0.39 is 6.10 Å². The first-order valence-corrected chi connectivity index (χ1v) is 27.4. The molecule has 0 amide bonds. The molecule has 0 aliphatic rings. The van der Waals surface area contributed by atoms with Gasteiger partial charge in [0.25, 0.3) is 0 Å². The summed E-state index contributed by atoms with van der Waals surface area (Å²) in [7, 11) is 0. The highest BCUT2D eigenvalue weighted by atomic mass is 16.6. The summed E-state index contributed by atoms with van der Waals surface area (Å²) in [5.74, 6) is -0.0125. The summed E-state index contributed by atoms with van der Waals surface area (Å²) in [5.41, 5.74) is 0. The first kappa shape index (κ1) is 59.4. The Bertz CT molecular complexity index is 918. The molecule has 0 spiro atoms. The third kappa shape index (κ3) is 49.3. The smallest absolute Gasteiger partial charge is 0.306 e. The molecule has 0 saturated heterocycles. The van der Waals surface area contributed by atoms with Gasteiger partial charge in [-0.2, -0.15) is 0 Å². The van der Waals surface area contributed by atoms with Crippen LogP contribution in [0, 0.1) is 5.92 Å². The highest BCUT2D eigenvalue weighted by Gasteiger charge is 2.19. The second-order valence-corrected chi connectivity index (χ2v) is 19.3. The minimum absolute atomic E-state index is 0.0622. The second-order valence-electron chi connectivity index (χ2n) is 19.3. The quantitative estimate of drug-likeness (QED) is 0.0344. The Hall–Kier alpha value is -1.59. The third-order valence-corrected chi connectivity index (χ3v) is 12.5. The Morgan fingerprint density at radius 2 is 0.541 bits per heavy atom. The van der Waals surface area contributed by atoms with Gasteiger partial charge in [0, 0.05) is 19.3 Å². The lowest BCUT2D eigenvalue weighted by Crippen LogP contribution is -2.30. The lowest BCUT2D eigenvalue weighted by atomic mass is 10.0. The van der Waals surface area contributed by atoms with Gasteiger partial charge >= 0.3 is 17.9 Å². The van der Waals surface area contributed by atoms with E-state index in [1.165, 1.54) is 205 Å². The van der Waals surface area contributed by atoms with Crippen molar-refractivity contribution in [2.24, 2.45) is 5.92 Å². The topological polar surface area (TPSA) is 78.9 Å². The molecule has 0 bridgehead atoms. The van der Waals surface area contributed by atoms with E-state index in [2.05, 4.69) is 27.7 Å². The van der Waals surface area contributed by atoms with Gasteiger partial charge in [0.2, 0.25) is 0 Å². The standard InChI is InChI=1S/C55H106O6/c1-5-7-9-11-13-15-17-19-21-23-26-30-34-38-42-46-53(56)59-49-52(61-55(58)48-44-40-36-32-27-22-20-18-16-14-12-10-8-6-2)50-60-54(57)47-43-39-35-31-28-24-25-29-33-37-41-45-51(3)4/h51-52H,5-50H2,1-4H3/t52-/m0/s1. The first-order valence-electron chi connectivity index (χ1n) is 27.4. The molecule has 0 aromatic rings. The SMILES string of the molecule is CCCCCCCCCCCCCCCCCC(=O)OC[C@@H](COC(=O)CCCCCCCCCCCCCC(C)C)OC(=O)CCCCCCCCCCCCCCCC. The molecule has 6 nitrogen and oxygen atoms in total.